The minimum atomic E-state index is -0.711. The van der Waals surface area contributed by atoms with Crippen LogP contribution in [0.25, 0.3) is 0 Å². The number of methoxy groups -OCH3 is 1. The SMILES string of the molecule is COc1cc2c(cc1Nc1nnc(C(N)=O)c(Nc3cccc(C)c3)n1)CCN(C)C2. The number of hydrogen-bond donors (Lipinski definition) is 3. The summed E-state index contributed by atoms with van der Waals surface area (Å²) in [6, 6.07) is 11.8. The second-order valence-corrected chi connectivity index (χ2v) is 7.63. The summed E-state index contributed by atoms with van der Waals surface area (Å²) < 4.78 is 5.57. The maximum atomic E-state index is 11.8. The number of anilines is 4. The van der Waals surface area contributed by atoms with E-state index in [2.05, 4.69) is 43.8 Å². The lowest BCUT2D eigenvalue weighted by Crippen LogP contribution is -2.26. The van der Waals surface area contributed by atoms with E-state index in [4.69, 9.17) is 10.5 Å². The average Bonchev–Trinajstić information content (AvgIpc) is 2.73. The van der Waals surface area contributed by atoms with Crippen LogP contribution in [0.1, 0.15) is 27.2 Å². The van der Waals surface area contributed by atoms with Crippen molar-refractivity contribution < 1.29 is 9.53 Å². The third kappa shape index (κ3) is 4.56. The van der Waals surface area contributed by atoms with E-state index < -0.39 is 5.91 Å². The van der Waals surface area contributed by atoms with Gasteiger partial charge in [0.25, 0.3) is 5.91 Å². The molecule has 0 saturated heterocycles. The lowest BCUT2D eigenvalue weighted by molar-refractivity contribution is 0.0995. The molecule has 0 unspecified atom stereocenters. The lowest BCUT2D eigenvalue weighted by atomic mass is 9.99. The minimum Gasteiger partial charge on any atom is -0.495 e. The minimum absolute atomic E-state index is 0.0347. The van der Waals surface area contributed by atoms with Gasteiger partial charge in [0.15, 0.2) is 11.5 Å². The molecule has 9 nitrogen and oxygen atoms in total. The smallest absolute Gasteiger partial charge is 0.273 e. The van der Waals surface area contributed by atoms with E-state index in [-0.39, 0.29) is 17.5 Å². The highest BCUT2D eigenvalue weighted by Gasteiger charge is 2.19. The zero-order valence-corrected chi connectivity index (χ0v) is 17.8. The van der Waals surface area contributed by atoms with Crippen LogP contribution in [-0.2, 0) is 13.0 Å². The van der Waals surface area contributed by atoms with Crippen molar-refractivity contribution >= 4 is 29.0 Å². The highest BCUT2D eigenvalue weighted by molar-refractivity contribution is 5.96. The zero-order chi connectivity index (χ0) is 22.0. The fraction of sp³-hybridized carbons (Fsp3) is 0.273. The van der Waals surface area contributed by atoms with Gasteiger partial charge >= 0.3 is 0 Å². The summed E-state index contributed by atoms with van der Waals surface area (Å²) in [6.45, 7) is 3.85. The predicted octanol–water partition coefficient (Wildman–Crippen LogP) is 2.76. The predicted molar refractivity (Wildman–Crippen MR) is 119 cm³/mol. The van der Waals surface area contributed by atoms with Crippen LogP contribution in [-0.4, -0.2) is 46.7 Å². The second-order valence-electron chi connectivity index (χ2n) is 7.63. The first-order chi connectivity index (χ1) is 14.9. The largest absolute Gasteiger partial charge is 0.495 e. The molecule has 0 aliphatic carbocycles. The third-order valence-electron chi connectivity index (χ3n) is 5.17. The molecule has 3 aromatic rings. The molecule has 0 saturated carbocycles. The molecule has 4 rings (SSSR count). The van der Waals surface area contributed by atoms with Crippen LogP contribution in [0.4, 0.5) is 23.1 Å². The van der Waals surface area contributed by atoms with Crippen molar-refractivity contribution in [1.82, 2.24) is 20.1 Å². The van der Waals surface area contributed by atoms with Gasteiger partial charge in [0.05, 0.1) is 12.8 Å². The Morgan fingerprint density at radius 3 is 2.74 bits per heavy atom. The van der Waals surface area contributed by atoms with Crippen molar-refractivity contribution in [3.8, 4) is 5.75 Å². The lowest BCUT2D eigenvalue weighted by Gasteiger charge is -2.26. The first-order valence-corrected chi connectivity index (χ1v) is 9.96. The first-order valence-electron chi connectivity index (χ1n) is 9.96. The number of rotatable bonds is 6. The number of nitrogens with zero attached hydrogens (tertiary/aromatic N) is 4. The molecule has 31 heavy (non-hydrogen) atoms. The fourth-order valence-corrected chi connectivity index (χ4v) is 3.61. The maximum Gasteiger partial charge on any atom is 0.273 e. The Morgan fingerprint density at radius 1 is 1.16 bits per heavy atom. The number of amides is 1. The Labute approximate surface area is 180 Å². The number of aryl methyl sites for hydroxylation is 1. The number of fused-ring (bicyclic) bond motifs is 1. The molecule has 1 aliphatic heterocycles. The molecular weight excluding hydrogens is 394 g/mol. The number of likely N-dealkylation sites (N-methyl/N-ethyl adjacent to an activating group) is 1. The summed E-state index contributed by atoms with van der Waals surface area (Å²) in [5.74, 6) is 0.433. The number of carbonyl (C=O) groups excluding carboxylic acids is 1. The number of hydrogen-bond acceptors (Lipinski definition) is 8. The summed E-state index contributed by atoms with van der Waals surface area (Å²) >= 11 is 0. The number of ether oxygens (including phenoxy) is 1. The molecule has 2 heterocycles. The highest BCUT2D eigenvalue weighted by Crippen LogP contribution is 2.33. The van der Waals surface area contributed by atoms with Crippen molar-refractivity contribution in [1.29, 1.82) is 0 Å². The molecule has 4 N–H and O–H groups in total. The number of primary amides is 1. The molecule has 0 fully saturated rings. The van der Waals surface area contributed by atoms with Gasteiger partial charge in [-0.3, -0.25) is 4.79 Å². The maximum absolute atomic E-state index is 11.8. The number of aromatic nitrogens is 3. The molecule has 0 bridgehead atoms. The van der Waals surface area contributed by atoms with Gasteiger partial charge in [-0.1, -0.05) is 12.1 Å². The number of nitrogens with one attached hydrogen (secondary N) is 2. The summed E-state index contributed by atoms with van der Waals surface area (Å²) in [5, 5.41) is 14.3. The first kappa shape index (κ1) is 20.5. The van der Waals surface area contributed by atoms with Crippen molar-refractivity contribution in [2.45, 2.75) is 19.9 Å². The molecule has 1 aromatic heterocycles. The molecule has 9 heteroatoms. The van der Waals surface area contributed by atoms with Gasteiger partial charge in [0, 0.05) is 18.8 Å². The van der Waals surface area contributed by atoms with Crippen molar-refractivity contribution in [2.75, 3.05) is 31.3 Å². The molecule has 0 atom stereocenters. The van der Waals surface area contributed by atoms with E-state index in [1.165, 1.54) is 11.1 Å². The quantitative estimate of drug-likeness (QED) is 0.558. The van der Waals surface area contributed by atoms with Crippen LogP contribution >= 0.6 is 0 Å². The van der Waals surface area contributed by atoms with E-state index in [9.17, 15) is 4.79 Å². The standard InChI is InChI=1S/C22H25N7O2/c1-13-5-4-6-16(9-13)24-21-19(20(23)30)27-28-22(26-21)25-17-10-14-7-8-29(2)12-15(14)11-18(17)31-3/h4-6,9-11H,7-8,12H2,1-3H3,(H2,23,30)(H2,24,25,26,28). The van der Waals surface area contributed by atoms with Crippen LogP contribution in [0, 0.1) is 6.92 Å². The summed E-state index contributed by atoms with van der Waals surface area (Å²) in [6.07, 6.45) is 0.949. The Kier molecular flexibility index (Phi) is 5.68. The molecule has 2 aromatic carbocycles. The zero-order valence-electron chi connectivity index (χ0n) is 17.8. The Bertz CT molecular complexity index is 1130. The monoisotopic (exact) mass is 419 g/mol. The average molecular weight is 419 g/mol. The molecular formula is C22H25N7O2. The Balaban J connectivity index is 1.67. The molecule has 1 amide bonds. The molecule has 160 valence electrons. The third-order valence-corrected chi connectivity index (χ3v) is 5.17. The Hall–Kier alpha value is -3.72. The van der Waals surface area contributed by atoms with Gasteiger partial charge in [-0.2, -0.15) is 4.98 Å². The second kappa shape index (κ2) is 8.57. The van der Waals surface area contributed by atoms with Gasteiger partial charge in [0.2, 0.25) is 5.95 Å². The summed E-state index contributed by atoms with van der Waals surface area (Å²) in [4.78, 5) is 18.6. The van der Waals surface area contributed by atoms with Crippen LogP contribution < -0.4 is 21.1 Å². The van der Waals surface area contributed by atoms with Crippen LogP contribution in [0.2, 0.25) is 0 Å². The number of carbonyl (C=O) groups is 1. The molecule has 0 radical (unpaired) electrons. The van der Waals surface area contributed by atoms with E-state index >= 15 is 0 Å². The molecule has 0 spiro atoms. The van der Waals surface area contributed by atoms with E-state index in [0.717, 1.165) is 36.4 Å². The van der Waals surface area contributed by atoms with Gasteiger partial charge in [-0.25, -0.2) is 0 Å². The topological polar surface area (TPSA) is 118 Å². The van der Waals surface area contributed by atoms with Crippen LogP contribution in [0.15, 0.2) is 36.4 Å². The van der Waals surface area contributed by atoms with Gasteiger partial charge in [-0.05, 0) is 61.3 Å². The van der Waals surface area contributed by atoms with Crippen molar-refractivity contribution in [3.05, 3.63) is 58.8 Å². The summed E-state index contributed by atoms with van der Waals surface area (Å²) in [7, 11) is 3.73. The van der Waals surface area contributed by atoms with Gasteiger partial charge in [0.1, 0.15) is 5.75 Å². The van der Waals surface area contributed by atoms with E-state index in [1.54, 1.807) is 7.11 Å². The van der Waals surface area contributed by atoms with E-state index in [0.29, 0.717) is 5.75 Å². The van der Waals surface area contributed by atoms with Gasteiger partial charge < -0.3 is 26.0 Å². The summed E-state index contributed by atoms with van der Waals surface area (Å²) in [5.41, 5.74) is 10.5. The normalized spacial score (nSPS) is 13.4. The van der Waals surface area contributed by atoms with Gasteiger partial charge in [-0.15, -0.1) is 10.2 Å². The van der Waals surface area contributed by atoms with Crippen molar-refractivity contribution in [3.63, 3.8) is 0 Å². The highest BCUT2D eigenvalue weighted by atomic mass is 16.5. The fourth-order valence-electron chi connectivity index (χ4n) is 3.61. The number of benzene rings is 2. The van der Waals surface area contributed by atoms with Crippen LogP contribution in [0.3, 0.4) is 0 Å². The van der Waals surface area contributed by atoms with E-state index in [1.807, 2.05) is 37.3 Å². The molecule has 1 aliphatic rings. The van der Waals surface area contributed by atoms with Crippen molar-refractivity contribution in [2.24, 2.45) is 5.73 Å². The number of nitrogens with two attached hydrogens (primary N) is 1. The Morgan fingerprint density at radius 2 is 2.00 bits per heavy atom. The van der Waals surface area contributed by atoms with Crippen LogP contribution in [0.5, 0.6) is 5.75 Å².